The van der Waals surface area contributed by atoms with Gasteiger partial charge in [-0.1, -0.05) is 52.8 Å². The molecular formula is C23H37N2O7P. The van der Waals surface area contributed by atoms with Crippen molar-refractivity contribution in [1.82, 2.24) is 10.2 Å². The van der Waals surface area contributed by atoms with Crippen LogP contribution in [0.1, 0.15) is 84.8 Å². The highest BCUT2D eigenvalue weighted by molar-refractivity contribution is 7.76. The van der Waals surface area contributed by atoms with Crippen molar-refractivity contribution in [2.75, 3.05) is 6.61 Å². The zero-order chi connectivity index (χ0) is 25.6. The number of aliphatic carboxylic acids is 1. The summed E-state index contributed by atoms with van der Waals surface area (Å²) >= 11 is 0. The molecule has 0 radical (unpaired) electrons. The van der Waals surface area contributed by atoms with Crippen molar-refractivity contribution in [3.8, 4) is 5.75 Å². The first kappa shape index (κ1) is 28.8. The van der Waals surface area contributed by atoms with E-state index in [1.165, 1.54) is 13.8 Å². The molecule has 3 atom stereocenters. The second-order valence-electron chi connectivity index (χ2n) is 8.76. The van der Waals surface area contributed by atoms with E-state index in [-0.39, 0.29) is 30.6 Å². The molecule has 0 fully saturated rings. The van der Waals surface area contributed by atoms with Crippen molar-refractivity contribution >= 4 is 25.1 Å². The van der Waals surface area contributed by atoms with E-state index in [2.05, 4.69) is 10.2 Å². The van der Waals surface area contributed by atoms with E-state index in [4.69, 9.17) is 9.47 Å². The quantitative estimate of drug-likeness (QED) is 0.277. The lowest BCUT2D eigenvalue weighted by Crippen LogP contribution is -2.52. The second kappa shape index (κ2) is 11.8. The van der Waals surface area contributed by atoms with Crippen LogP contribution in [0.5, 0.6) is 5.75 Å². The molecule has 0 aromatic heterocycles. The van der Waals surface area contributed by atoms with Crippen LogP contribution in [0.15, 0.2) is 18.2 Å². The summed E-state index contributed by atoms with van der Waals surface area (Å²) in [4.78, 5) is 37.4. The predicted octanol–water partition coefficient (Wildman–Crippen LogP) is 5.01. The molecule has 3 N–H and O–H groups in total. The molecule has 0 amide bonds. The number of rotatable bonds is 12. The number of ether oxygens (including phenoxy) is 2. The molecule has 33 heavy (non-hydrogen) atoms. The maximum Gasteiger partial charge on any atom is 0.400 e. The van der Waals surface area contributed by atoms with E-state index in [1.807, 2.05) is 45.9 Å². The van der Waals surface area contributed by atoms with Crippen LogP contribution in [0.3, 0.4) is 0 Å². The van der Waals surface area contributed by atoms with Crippen molar-refractivity contribution in [2.24, 2.45) is 0 Å². The fraction of sp³-hybridized carbons (Fsp3) is 0.609. The first-order chi connectivity index (χ1) is 15.2. The minimum Gasteiger partial charge on any atom is -0.480 e. The number of para-hydroxylation sites is 1. The lowest BCUT2D eigenvalue weighted by Gasteiger charge is -2.31. The highest BCUT2D eigenvalue weighted by Crippen LogP contribution is 2.45. The van der Waals surface area contributed by atoms with Gasteiger partial charge >= 0.3 is 25.1 Å². The molecule has 2 unspecified atom stereocenters. The molecule has 0 aliphatic heterocycles. The number of carboxylic acid groups (broad SMARTS) is 1. The average molecular weight is 485 g/mol. The summed E-state index contributed by atoms with van der Waals surface area (Å²) in [6.45, 7) is 13.7. The molecule has 1 rings (SSSR count). The summed E-state index contributed by atoms with van der Waals surface area (Å²) < 4.78 is 24.5. The zero-order valence-corrected chi connectivity index (χ0v) is 21.6. The molecule has 1 aromatic carbocycles. The molecule has 0 aliphatic carbocycles. The molecule has 10 heteroatoms. The number of carbonyl (C=O) groups excluding carboxylic acids is 2. The minimum atomic E-state index is -4.44. The van der Waals surface area contributed by atoms with Crippen LogP contribution < -0.4 is 14.9 Å². The minimum absolute atomic E-state index is 0.00480. The van der Waals surface area contributed by atoms with Gasteiger partial charge < -0.3 is 14.6 Å². The standard InChI is InChI=1S/C23H37N2O7P/c1-9-23(8,21(27)28)25-33(30,24-16(7)20(26)31-10-2)22(29)32-19-17(14(3)4)12-11-13-18(19)15(5)6/h11-16H,9-10H2,1-8H3,(H,27,28)(H2,24,25,30)/t16-,23?,33?/m0/s1. The van der Waals surface area contributed by atoms with Gasteiger partial charge in [-0.3, -0.25) is 14.2 Å². The molecular weight excluding hydrogens is 447 g/mol. The maximum absolute atomic E-state index is 13.9. The van der Waals surface area contributed by atoms with Crippen LogP contribution in [0, 0.1) is 0 Å². The Morgan fingerprint density at radius 3 is 1.97 bits per heavy atom. The van der Waals surface area contributed by atoms with Gasteiger partial charge in [0, 0.05) is 0 Å². The molecule has 0 bridgehead atoms. The highest BCUT2D eigenvalue weighted by atomic mass is 31.2. The third kappa shape index (κ3) is 7.13. The smallest absolute Gasteiger partial charge is 0.400 e. The Bertz CT molecular complexity index is 890. The fourth-order valence-electron chi connectivity index (χ4n) is 3.10. The van der Waals surface area contributed by atoms with E-state index in [1.54, 1.807) is 13.8 Å². The van der Waals surface area contributed by atoms with E-state index < -0.39 is 36.7 Å². The van der Waals surface area contributed by atoms with Crippen LogP contribution in [0.4, 0.5) is 4.79 Å². The lowest BCUT2D eigenvalue weighted by atomic mass is 9.94. The van der Waals surface area contributed by atoms with Crippen molar-refractivity contribution in [2.45, 2.75) is 85.2 Å². The molecule has 9 nitrogen and oxygen atoms in total. The van der Waals surface area contributed by atoms with Crippen LogP contribution in [-0.2, 0) is 18.9 Å². The van der Waals surface area contributed by atoms with E-state index >= 15 is 0 Å². The van der Waals surface area contributed by atoms with Crippen molar-refractivity contribution in [3.63, 3.8) is 0 Å². The van der Waals surface area contributed by atoms with E-state index in [9.17, 15) is 24.1 Å². The van der Waals surface area contributed by atoms with Gasteiger partial charge in [-0.05, 0) is 50.2 Å². The Balaban J connectivity index is 3.51. The number of hydrogen-bond acceptors (Lipinski definition) is 6. The number of benzene rings is 1. The number of carbonyl (C=O) groups is 3. The summed E-state index contributed by atoms with van der Waals surface area (Å²) in [5, 5.41) is 14.6. The van der Waals surface area contributed by atoms with Gasteiger partial charge in [0.15, 0.2) is 0 Å². The number of hydrogen-bond donors (Lipinski definition) is 3. The SMILES string of the molecule is CCOC(=O)[C@H](C)NP(=O)(NC(C)(CC)C(=O)O)C(=O)Oc1c(C(C)C)cccc1C(C)C. The molecule has 0 heterocycles. The summed E-state index contributed by atoms with van der Waals surface area (Å²) in [5.74, 6) is -1.73. The Hall–Kier alpha value is -2.22. The Kier molecular flexibility index (Phi) is 10.3. The molecule has 186 valence electrons. The largest absolute Gasteiger partial charge is 0.480 e. The molecule has 0 saturated heterocycles. The normalized spacial score (nSPS) is 16.1. The number of esters is 1. The van der Waals surface area contributed by atoms with Gasteiger partial charge in [-0.25, -0.2) is 15.0 Å². The Morgan fingerprint density at radius 2 is 1.58 bits per heavy atom. The number of nitrogens with one attached hydrogen (secondary N) is 2. The summed E-state index contributed by atoms with van der Waals surface area (Å²) in [6, 6.07) is 4.34. The summed E-state index contributed by atoms with van der Waals surface area (Å²) in [6.07, 6.45) is 0.0227. The van der Waals surface area contributed by atoms with Crippen LogP contribution >= 0.6 is 7.44 Å². The zero-order valence-electron chi connectivity index (χ0n) is 20.7. The average Bonchev–Trinajstić information content (AvgIpc) is 2.73. The lowest BCUT2D eigenvalue weighted by molar-refractivity contribution is -0.144. The Morgan fingerprint density at radius 1 is 1.06 bits per heavy atom. The van der Waals surface area contributed by atoms with Gasteiger partial charge in [0.1, 0.15) is 17.3 Å². The fourth-order valence-corrected chi connectivity index (χ4v) is 5.18. The first-order valence-electron chi connectivity index (χ1n) is 11.1. The van der Waals surface area contributed by atoms with Crippen LogP contribution in [0.2, 0.25) is 0 Å². The van der Waals surface area contributed by atoms with E-state index in [0.717, 1.165) is 11.1 Å². The molecule has 0 spiro atoms. The first-order valence-corrected chi connectivity index (χ1v) is 12.9. The topological polar surface area (TPSA) is 131 Å². The predicted molar refractivity (Wildman–Crippen MR) is 127 cm³/mol. The molecule has 0 saturated carbocycles. The monoisotopic (exact) mass is 484 g/mol. The molecule has 0 aliphatic rings. The third-order valence-corrected chi connectivity index (χ3v) is 7.53. The van der Waals surface area contributed by atoms with Gasteiger partial charge in [0.2, 0.25) is 0 Å². The summed E-state index contributed by atoms with van der Waals surface area (Å²) in [7, 11) is -4.44. The van der Waals surface area contributed by atoms with E-state index in [0.29, 0.717) is 0 Å². The maximum atomic E-state index is 13.9. The van der Waals surface area contributed by atoms with Gasteiger partial charge in [0.05, 0.1) is 6.61 Å². The second-order valence-corrected chi connectivity index (χ2v) is 10.8. The van der Waals surface area contributed by atoms with Gasteiger partial charge in [0.25, 0.3) is 0 Å². The van der Waals surface area contributed by atoms with Gasteiger partial charge in [-0.15, -0.1) is 0 Å². The Labute approximate surface area is 196 Å². The van der Waals surface area contributed by atoms with Crippen molar-refractivity contribution < 1.29 is 33.5 Å². The number of carboxylic acids is 1. The van der Waals surface area contributed by atoms with Crippen molar-refractivity contribution in [1.29, 1.82) is 0 Å². The van der Waals surface area contributed by atoms with Crippen molar-refractivity contribution in [3.05, 3.63) is 29.3 Å². The highest BCUT2D eigenvalue weighted by Gasteiger charge is 2.46. The van der Waals surface area contributed by atoms with Crippen LogP contribution in [-0.4, -0.2) is 40.9 Å². The van der Waals surface area contributed by atoms with Crippen LogP contribution in [0.25, 0.3) is 0 Å². The molecule has 1 aromatic rings. The van der Waals surface area contributed by atoms with Gasteiger partial charge in [-0.2, -0.15) is 0 Å². The third-order valence-electron chi connectivity index (χ3n) is 5.37. The summed E-state index contributed by atoms with van der Waals surface area (Å²) in [5.41, 5.74) is -1.41.